The molecule has 2 saturated carbocycles. The summed E-state index contributed by atoms with van der Waals surface area (Å²) >= 11 is 0. The fourth-order valence-corrected chi connectivity index (χ4v) is 7.34. The lowest BCUT2D eigenvalue weighted by atomic mass is 9.43. The molecule has 1 aromatic heterocycles. The van der Waals surface area contributed by atoms with Crippen LogP contribution in [0.2, 0.25) is 0 Å². The summed E-state index contributed by atoms with van der Waals surface area (Å²) in [7, 11) is 0. The maximum atomic E-state index is 14.0. The van der Waals surface area contributed by atoms with Gasteiger partial charge in [-0.1, -0.05) is 34.1 Å². The molecule has 2 aliphatic rings. The molecule has 34 heavy (non-hydrogen) atoms. The summed E-state index contributed by atoms with van der Waals surface area (Å²) < 4.78 is 0. The number of phenols is 2. The third-order valence-electron chi connectivity index (χ3n) is 8.99. The van der Waals surface area contributed by atoms with Gasteiger partial charge in [0.2, 0.25) is 0 Å². The van der Waals surface area contributed by atoms with Gasteiger partial charge in [-0.25, -0.2) is 0 Å². The molecular weight excluding hydrogens is 426 g/mol. The Morgan fingerprint density at radius 2 is 1.76 bits per heavy atom. The van der Waals surface area contributed by atoms with E-state index in [0.717, 1.165) is 32.1 Å². The summed E-state index contributed by atoms with van der Waals surface area (Å²) in [4.78, 5) is 30.9. The van der Waals surface area contributed by atoms with Crippen LogP contribution in [0, 0.1) is 34.5 Å². The maximum absolute atomic E-state index is 14.0. The number of Topliss-reactive ketones (excluding diaryl/α,β-unsaturated/α-hetero) is 2. The molecule has 2 aliphatic carbocycles. The van der Waals surface area contributed by atoms with Crippen molar-refractivity contribution in [2.24, 2.45) is 34.5 Å². The second kappa shape index (κ2) is 9.16. The first-order chi connectivity index (χ1) is 16.0. The highest BCUT2D eigenvalue weighted by atomic mass is 16.3. The Kier molecular flexibility index (Phi) is 6.58. The summed E-state index contributed by atoms with van der Waals surface area (Å²) in [5.74, 6) is 0.357. The second-order valence-electron chi connectivity index (χ2n) is 11.5. The van der Waals surface area contributed by atoms with E-state index >= 15 is 0 Å². The predicted octanol–water partition coefficient (Wildman–Crippen LogP) is 6.44. The number of aromatic nitrogens is 1. The third kappa shape index (κ3) is 4.49. The molecule has 0 spiro atoms. The van der Waals surface area contributed by atoms with Gasteiger partial charge in [0.05, 0.1) is 0 Å². The van der Waals surface area contributed by atoms with E-state index in [9.17, 15) is 19.8 Å². The molecule has 5 nitrogen and oxygen atoms in total. The molecule has 0 bridgehead atoms. The molecule has 2 N–H and O–H groups in total. The molecule has 0 unspecified atom stereocenters. The van der Waals surface area contributed by atoms with Crippen molar-refractivity contribution >= 4 is 11.6 Å². The molecule has 5 atom stereocenters. The Morgan fingerprint density at radius 3 is 2.41 bits per heavy atom. The van der Waals surface area contributed by atoms with Crippen LogP contribution in [0.5, 0.6) is 11.5 Å². The van der Waals surface area contributed by atoms with Gasteiger partial charge in [-0.15, -0.1) is 0 Å². The highest BCUT2D eigenvalue weighted by Crippen LogP contribution is 2.63. The zero-order valence-corrected chi connectivity index (χ0v) is 20.8. The number of aromatic hydroxyl groups is 2. The number of hydrogen-bond acceptors (Lipinski definition) is 5. The fraction of sp³-hybridized carbons (Fsp3) is 0.552. The first-order valence-electron chi connectivity index (χ1n) is 12.5. The molecule has 0 radical (unpaired) electrons. The summed E-state index contributed by atoms with van der Waals surface area (Å²) in [5, 5.41) is 20.1. The Labute approximate surface area is 202 Å². The standard InChI is InChI=1S/C29H37NO4/c1-18-19(8-9-24(33)20-7-5-12-30-17-20)15-25-28(2,3)10-6-11-29(25,4)26(18)27(34)21-13-22(31)16-23(32)14-21/h5,7,12-14,16-19,25-26,31-32H,6,8-11,15H2,1-4H3/t18-,19+,25+,26-,29+/m1/s1. The SMILES string of the molecule is C[C@@H]1[C@@H](CCC(=O)c2cccnc2)C[C@H]2C(C)(C)CCC[C@]2(C)[C@H]1C(=O)c1cc(O)cc(O)c1. The second-order valence-corrected chi connectivity index (χ2v) is 11.5. The minimum absolute atomic E-state index is 0.00724. The molecular formula is C29H37NO4. The van der Waals surface area contributed by atoms with Crippen molar-refractivity contribution in [1.82, 2.24) is 4.98 Å². The van der Waals surface area contributed by atoms with E-state index in [-0.39, 0.29) is 51.6 Å². The lowest BCUT2D eigenvalue weighted by Gasteiger charge is -2.60. The van der Waals surface area contributed by atoms with Gasteiger partial charge >= 0.3 is 0 Å². The minimum atomic E-state index is -0.231. The maximum Gasteiger partial charge on any atom is 0.167 e. The number of hydrogen-bond donors (Lipinski definition) is 2. The Bertz CT molecular complexity index is 1040. The van der Waals surface area contributed by atoms with Crippen molar-refractivity contribution in [3.8, 4) is 11.5 Å². The van der Waals surface area contributed by atoms with Crippen LogP contribution >= 0.6 is 0 Å². The highest BCUT2D eigenvalue weighted by Gasteiger charge is 2.58. The zero-order valence-electron chi connectivity index (χ0n) is 20.8. The van der Waals surface area contributed by atoms with E-state index in [1.807, 2.05) is 6.07 Å². The number of carbonyl (C=O) groups is 2. The molecule has 4 rings (SSSR count). The summed E-state index contributed by atoms with van der Waals surface area (Å²) in [6.07, 6.45) is 8.71. The molecule has 182 valence electrons. The van der Waals surface area contributed by atoms with E-state index in [1.165, 1.54) is 18.2 Å². The van der Waals surface area contributed by atoms with Crippen LogP contribution in [0.25, 0.3) is 0 Å². The van der Waals surface area contributed by atoms with E-state index in [2.05, 4.69) is 32.7 Å². The van der Waals surface area contributed by atoms with Crippen molar-refractivity contribution < 1.29 is 19.8 Å². The van der Waals surface area contributed by atoms with Crippen molar-refractivity contribution in [1.29, 1.82) is 0 Å². The molecule has 0 aliphatic heterocycles. The van der Waals surface area contributed by atoms with Crippen LogP contribution in [-0.2, 0) is 0 Å². The largest absolute Gasteiger partial charge is 0.508 e. The van der Waals surface area contributed by atoms with E-state index < -0.39 is 0 Å². The highest BCUT2D eigenvalue weighted by molar-refractivity contribution is 5.99. The average Bonchev–Trinajstić information content (AvgIpc) is 2.77. The van der Waals surface area contributed by atoms with Crippen molar-refractivity contribution in [3.05, 3.63) is 53.9 Å². The first-order valence-corrected chi connectivity index (χ1v) is 12.5. The van der Waals surface area contributed by atoms with E-state index in [1.54, 1.807) is 18.5 Å². The van der Waals surface area contributed by atoms with Crippen molar-refractivity contribution in [2.45, 2.75) is 66.2 Å². The smallest absolute Gasteiger partial charge is 0.167 e. The normalized spacial score (nSPS) is 30.4. The van der Waals surface area contributed by atoms with Crippen LogP contribution in [0.15, 0.2) is 42.7 Å². The van der Waals surface area contributed by atoms with Gasteiger partial charge in [0.25, 0.3) is 0 Å². The van der Waals surface area contributed by atoms with Crippen molar-refractivity contribution in [3.63, 3.8) is 0 Å². The topological polar surface area (TPSA) is 87.5 Å². The molecule has 0 saturated heterocycles. The van der Waals surface area contributed by atoms with Gasteiger partial charge in [-0.2, -0.15) is 0 Å². The number of fused-ring (bicyclic) bond motifs is 1. The number of nitrogens with zero attached hydrogens (tertiary/aromatic N) is 1. The third-order valence-corrected chi connectivity index (χ3v) is 8.99. The molecule has 5 heteroatoms. The number of rotatable bonds is 6. The molecule has 1 aromatic carbocycles. The minimum Gasteiger partial charge on any atom is -0.508 e. The van der Waals surface area contributed by atoms with Crippen LogP contribution in [-0.4, -0.2) is 26.8 Å². The number of carbonyl (C=O) groups excluding carboxylic acids is 2. The van der Waals surface area contributed by atoms with Gasteiger partial charge in [0, 0.05) is 41.9 Å². The van der Waals surface area contributed by atoms with Gasteiger partial charge in [0.15, 0.2) is 11.6 Å². The zero-order chi connectivity index (χ0) is 24.7. The number of pyridine rings is 1. The van der Waals surface area contributed by atoms with Crippen molar-refractivity contribution in [2.75, 3.05) is 0 Å². The number of benzene rings is 1. The Balaban J connectivity index is 1.66. The Morgan fingerprint density at radius 1 is 1.06 bits per heavy atom. The number of phenolic OH excluding ortho intramolecular Hbond substituents is 2. The summed E-state index contributed by atoms with van der Waals surface area (Å²) in [6.45, 7) is 9.08. The fourth-order valence-electron chi connectivity index (χ4n) is 7.34. The van der Waals surface area contributed by atoms with E-state index in [0.29, 0.717) is 23.5 Å². The van der Waals surface area contributed by atoms with Gasteiger partial charge in [-0.3, -0.25) is 14.6 Å². The van der Waals surface area contributed by atoms with Crippen LogP contribution in [0.3, 0.4) is 0 Å². The Hall–Kier alpha value is -2.69. The molecule has 1 heterocycles. The lowest BCUT2D eigenvalue weighted by Crippen LogP contribution is -2.56. The summed E-state index contributed by atoms with van der Waals surface area (Å²) in [5.41, 5.74) is 0.947. The van der Waals surface area contributed by atoms with Gasteiger partial charge in [0.1, 0.15) is 11.5 Å². The quantitative estimate of drug-likeness (QED) is 0.481. The molecule has 0 amide bonds. The van der Waals surface area contributed by atoms with Crippen LogP contribution in [0.4, 0.5) is 0 Å². The van der Waals surface area contributed by atoms with E-state index in [4.69, 9.17) is 0 Å². The van der Waals surface area contributed by atoms with Crippen LogP contribution in [0.1, 0.15) is 86.9 Å². The molecule has 2 aromatic rings. The van der Waals surface area contributed by atoms with Gasteiger partial charge < -0.3 is 10.2 Å². The first kappa shape index (κ1) is 24.4. The molecule has 2 fully saturated rings. The lowest BCUT2D eigenvalue weighted by molar-refractivity contribution is -0.103. The van der Waals surface area contributed by atoms with Gasteiger partial charge in [-0.05, 0) is 78.5 Å². The average molecular weight is 464 g/mol. The predicted molar refractivity (Wildman–Crippen MR) is 132 cm³/mol. The monoisotopic (exact) mass is 463 g/mol. The van der Waals surface area contributed by atoms with Crippen LogP contribution < -0.4 is 0 Å². The number of ketones is 2. The summed E-state index contributed by atoms with van der Waals surface area (Å²) in [6, 6.07) is 7.78.